The summed E-state index contributed by atoms with van der Waals surface area (Å²) in [7, 11) is 0. The normalized spacial score (nSPS) is 11.8. The number of thiazole rings is 1. The average Bonchev–Trinajstić information content (AvgIpc) is 3.05. The molecule has 0 aliphatic rings. The van der Waals surface area contributed by atoms with Crippen molar-refractivity contribution in [3.05, 3.63) is 68.6 Å². The van der Waals surface area contributed by atoms with E-state index in [1.807, 2.05) is 58.3 Å². The van der Waals surface area contributed by atoms with Gasteiger partial charge in [0, 0.05) is 20.1 Å². The van der Waals surface area contributed by atoms with Gasteiger partial charge in [-0.1, -0.05) is 36.4 Å². The quantitative estimate of drug-likeness (QED) is 0.292. The molecule has 3 rings (SSSR count). The fourth-order valence-electron chi connectivity index (χ4n) is 2.13. The summed E-state index contributed by atoms with van der Waals surface area (Å²) in [6.45, 7) is 0. The predicted molar refractivity (Wildman–Crippen MR) is 103 cm³/mol. The number of anilines is 1. The number of alkyl halides is 3. The van der Waals surface area contributed by atoms with Gasteiger partial charge in [0.25, 0.3) is 0 Å². The Morgan fingerprint density at radius 2 is 1.84 bits per heavy atom. The summed E-state index contributed by atoms with van der Waals surface area (Å²) >= 11 is 3.19. The maximum Gasteiger partial charge on any atom is 0.417 e. The Bertz CT molecular complexity index is 892. The van der Waals surface area contributed by atoms with Gasteiger partial charge in [0.1, 0.15) is 0 Å². The number of hydrogen-bond donors (Lipinski definition) is 1. The molecule has 0 aliphatic heterocycles. The zero-order chi connectivity index (χ0) is 17.9. The van der Waals surface area contributed by atoms with E-state index in [0.717, 1.165) is 17.3 Å². The van der Waals surface area contributed by atoms with Crippen molar-refractivity contribution in [2.24, 2.45) is 5.10 Å². The topological polar surface area (TPSA) is 37.3 Å². The highest BCUT2D eigenvalue weighted by Gasteiger charge is 2.33. The van der Waals surface area contributed by atoms with Crippen LogP contribution >= 0.6 is 33.9 Å². The van der Waals surface area contributed by atoms with Crippen LogP contribution in [-0.4, -0.2) is 11.2 Å². The largest absolute Gasteiger partial charge is 0.417 e. The lowest BCUT2D eigenvalue weighted by molar-refractivity contribution is -0.137. The van der Waals surface area contributed by atoms with Gasteiger partial charge < -0.3 is 0 Å². The highest BCUT2D eigenvalue weighted by atomic mass is 127. The third kappa shape index (κ3) is 4.37. The molecule has 0 saturated carbocycles. The first kappa shape index (κ1) is 17.9. The Hall–Kier alpha value is -1.94. The molecule has 0 aliphatic carbocycles. The fraction of sp³-hybridized carbons (Fsp3) is 0.0588. The van der Waals surface area contributed by atoms with Crippen molar-refractivity contribution < 1.29 is 13.2 Å². The molecule has 3 aromatic rings. The zero-order valence-corrected chi connectivity index (χ0v) is 15.6. The highest BCUT2D eigenvalue weighted by Crippen LogP contribution is 2.33. The van der Waals surface area contributed by atoms with Gasteiger partial charge in [-0.05, 0) is 34.7 Å². The van der Waals surface area contributed by atoms with Crippen LogP contribution in [0.25, 0.3) is 11.3 Å². The van der Waals surface area contributed by atoms with E-state index in [1.165, 1.54) is 23.6 Å². The number of hydrazone groups is 1. The van der Waals surface area contributed by atoms with Crippen LogP contribution in [0.5, 0.6) is 0 Å². The molecule has 0 radical (unpaired) electrons. The molecule has 0 unspecified atom stereocenters. The van der Waals surface area contributed by atoms with E-state index < -0.39 is 11.7 Å². The zero-order valence-electron chi connectivity index (χ0n) is 12.6. The third-order valence-corrected chi connectivity index (χ3v) is 4.97. The van der Waals surface area contributed by atoms with Crippen molar-refractivity contribution in [2.75, 3.05) is 5.43 Å². The molecule has 1 aromatic heterocycles. The van der Waals surface area contributed by atoms with E-state index in [2.05, 4.69) is 15.5 Å². The summed E-state index contributed by atoms with van der Waals surface area (Å²) in [4.78, 5) is 4.37. The van der Waals surface area contributed by atoms with Gasteiger partial charge in [0.05, 0.1) is 17.5 Å². The lowest BCUT2D eigenvalue weighted by Gasteiger charge is -2.11. The minimum atomic E-state index is -4.43. The van der Waals surface area contributed by atoms with Crippen LogP contribution < -0.4 is 5.43 Å². The van der Waals surface area contributed by atoms with Crippen LogP contribution in [0, 0.1) is 3.57 Å². The number of halogens is 4. The molecule has 2 aromatic carbocycles. The van der Waals surface area contributed by atoms with Crippen LogP contribution in [0.3, 0.4) is 0 Å². The Kier molecular flexibility index (Phi) is 5.38. The minimum Gasteiger partial charge on any atom is -0.253 e. The monoisotopic (exact) mass is 473 g/mol. The van der Waals surface area contributed by atoms with E-state index in [1.54, 1.807) is 6.07 Å². The summed E-state index contributed by atoms with van der Waals surface area (Å²) in [5.74, 6) is 0. The predicted octanol–water partition coefficient (Wildman–Crippen LogP) is 5.88. The van der Waals surface area contributed by atoms with Crippen molar-refractivity contribution in [1.82, 2.24) is 4.98 Å². The second-order valence-electron chi connectivity index (χ2n) is 4.97. The SMILES string of the molecule is FC(F)(F)c1cccc(I)c1C=NNc1nc(-c2ccccc2)cs1. The molecule has 8 heteroatoms. The van der Waals surface area contributed by atoms with Gasteiger partial charge in [-0.15, -0.1) is 11.3 Å². The molecule has 25 heavy (non-hydrogen) atoms. The highest BCUT2D eigenvalue weighted by molar-refractivity contribution is 14.1. The smallest absolute Gasteiger partial charge is 0.253 e. The molecular formula is C17H11F3IN3S. The van der Waals surface area contributed by atoms with E-state index in [0.29, 0.717) is 8.70 Å². The van der Waals surface area contributed by atoms with Crippen LogP contribution in [0.15, 0.2) is 59.0 Å². The Labute approximate surface area is 159 Å². The van der Waals surface area contributed by atoms with Gasteiger partial charge in [0.15, 0.2) is 0 Å². The lowest BCUT2D eigenvalue weighted by atomic mass is 10.1. The van der Waals surface area contributed by atoms with Crippen molar-refractivity contribution in [3.63, 3.8) is 0 Å². The second kappa shape index (κ2) is 7.52. The fourth-order valence-corrected chi connectivity index (χ4v) is 3.44. The molecule has 128 valence electrons. The van der Waals surface area contributed by atoms with Gasteiger partial charge >= 0.3 is 6.18 Å². The Morgan fingerprint density at radius 1 is 1.08 bits per heavy atom. The average molecular weight is 473 g/mol. The number of aromatic nitrogens is 1. The van der Waals surface area contributed by atoms with Crippen molar-refractivity contribution >= 4 is 45.3 Å². The maximum absolute atomic E-state index is 13.1. The number of nitrogens with zero attached hydrogens (tertiary/aromatic N) is 2. The van der Waals surface area contributed by atoms with Gasteiger partial charge in [-0.3, -0.25) is 5.43 Å². The summed E-state index contributed by atoms with van der Waals surface area (Å²) in [6.07, 6.45) is -3.25. The maximum atomic E-state index is 13.1. The van der Waals surface area contributed by atoms with Crippen molar-refractivity contribution in [3.8, 4) is 11.3 Å². The number of rotatable bonds is 4. The molecule has 0 saturated heterocycles. The van der Waals surface area contributed by atoms with Crippen molar-refractivity contribution in [1.29, 1.82) is 0 Å². The molecule has 1 N–H and O–H groups in total. The summed E-state index contributed by atoms with van der Waals surface area (Å²) in [5.41, 5.74) is 3.76. The first-order chi connectivity index (χ1) is 11.9. The standard InChI is InChI=1S/C17H11F3IN3S/c18-17(19,20)13-7-4-8-14(21)12(13)9-22-24-16-23-15(10-25-16)11-5-2-1-3-6-11/h1-10H,(H,23,24). The first-order valence-corrected chi connectivity index (χ1v) is 9.07. The first-order valence-electron chi connectivity index (χ1n) is 7.11. The van der Waals surface area contributed by atoms with E-state index in [4.69, 9.17) is 0 Å². The van der Waals surface area contributed by atoms with E-state index in [9.17, 15) is 13.2 Å². The summed E-state index contributed by atoms with van der Waals surface area (Å²) < 4.78 is 39.7. The molecule has 0 spiro atoms. The van der Waals surface area contributed by atoms with Crippen LogP contribution in [0.4, 0.5) is 18.3 Å². The van der Waals surface area contributed by atoms with Crippen LogP contribution in [-0.2, 0) is 6.18 Å². The van der Waals surface area contributed by atoms with Crippen LogP contribution in [0.1, 0.15) is 11.1 Å². The molecule has 0 atom stereocenters. The number of benzene rings is 2. The van der Waals surface area contributed by atoms with E-state index >= 15 is 0 Å². The Morgan fingerprint density at radius 3 is 2.56 bits per heavy atom. The summed E-state index contributed by atoms with van der Waals surface area (Å²) in [6, 6.07) is 13.6. The second-order valence-corrected chi connectivity index (χ2v) is 6.99. The summed E-state index contributed by atoms with van der Waals surface area (Å²) in [5, 5.41) is 6.29. The lowest BCUT2D eigenvalue weighted by Crippen LogP contribution is -2.10. The van der Waals surface area contributed by atoms with Crippen LogP contribution in [0.2, 0.25) is 0 Å². The molecule has 0 amide bonds. The van der Waals surface area contributed by atoms with Gasteiger partial charge in [0.2, 0.25) is 5.13 Å². The minimum absolute atomic E-state index is 0.0305. The van der Waals surface area contributed by atoms with E-state index in [-0.39, 0.29) is 5.56 Å². The molecular weight excluding hydrogens is 462 g/mol. The van der Waals surface area contributed by atoms with Gasteiger partial charge in [-0.25, -0.2) is 4.98 Å². The number of nitrogens with one attached hydrogen (secondary N) is 1. The molecule has 3 nitrogen and oxygen atoms in total. The number of hydrogen-bond acceptors (Lipinski definition) is 4. The van der Waals surface area contributed by atoms with Gasteiger partial charge in [-0.2, -0.15) is 18.3 Å². The molecule has 0 bridgehead atoms. The van der Waals surface area contributed by atoms with Crippen molar-refractivity contribution in [2.45, 2.75) is 6.18 Å². The third-order valence-electron chi connectivity index (χ3n) is 3.29. The Balaban J connectivity index is 1.78. The molecule has 0 fully saturated rings. The molecule has 1 heterocycles.